The van der Waals surface area contributed by atoms with Gasteiger partial charge < -0.3 is 14.7 Å². The largest absolute Gasteiger partial charge is 0.487 e. The molecule has 114 valence electrons. The van der Waals surface area contributed by atoms with Crippen LogP contribution in [0.25, 0.3) is 0 Å². The summed E-state index contributed by atoms with van der Waals surface area (Å²) in [6.45, 7) is 2.05. The predicted octanol–water partition coefficient (Wildman–Crippen LogP) is 1.92. The minimum absolute atomic E-state index is 0.270. The Labute approximate surface area is 129 Å². The van der Waals surface area contributed by atoms with Gasteiger partial charge in [-0.1, -0.05) is 18.2 Å². The van der Waals surface area contributed by atoms with Crippen molar-refractivity contribution in [1.29, 1.82) is 0 Å². The highest BCUT2D eigenvalue weighted by atomic mass is 16.5. The van der Waals surface area contributed by atoms with Crippen molar-refractivity contribution < 1.29 is 9.84 Å². The first-order chi connectivity index (χ1) is 10.8. The van der Waals surface area contributed by atoms with Gasteiger partial charge in [0.2, 0.25) is 0 Å². The quantitative estimate of drug-likeness (QED) is 0.871. The number of fused-ring (bicyclic) bond motifs is 2. The lowest BCUT2D eigenvalue weighted by molar-refractivity contribution is 0.153. The average Bonchev–Trinajstić information content (AvgIpc) is 2.74. The Hall–Kier alpha value is -2.14. The molecule has 2 aliphatic rings. The standard InChI is InChI=1S/C17H19N3O2/c21-13-5-3-7-20(9-13)17-14-8-12-4-1-2-6-16(12)22-10-15(14)18-11-19-17/h1-2,4,6,11,13,21H,3,5,7-10H2/t13-/m1/s1. The number of aliphatic hydroxyl groups excluding tert-OH is 1. The smallest absolute Gasteiger partial charge is 0.135 e. The molecular weight excluding hydrogens is 278 g/mol. The summed E-state index contributed by atoms with van der Waals surface area (Å²) in [6.07, 6.45) is 3.97. The van der Waals surface area contributed by atoms with Crippen LogP contribution in [0.5, 0.6) is 5.75 Å². The first-order valence-corrected chi connectivity index (χ1v) is 7.78. The predicted molar refractivity (Wildman–Crippen MR) is 83.1 cm³/mol. The van der Waals surface area contributed by atoms with Gasteiger partial charge in [-0.15, -0.1) is 0 Å². The molecule has 22 heavy (non-hydrogen) atoms. The van der Waals surface area contributed by atoms with E-state index in [0.717, 1.165) is 54.2 Å². The summed E-state index contributed by atoms with van der Waals surface area (Å²) in [5, 5.41) is 9.95. The van der Waals surface area contributed by atoms with E-state index < -0.39 is 0 Å². The minimum Gasteiger partial charge on any atom is -0.487 e. The SMILES string of the molecule is O[C@@H]1CCCN(c2ncnc3c2Cc2ccccc2OC3)C1. The van der Waals surface area contributed by atoms with Crippen LogP contribution in [0.2, 0.25) is 0 Å². The highest BCUT2D eigenvalue weighted by Gasteiger charge is 2.25. The number of aromatic nitrogens is 2. The zero-order valence-corrected chi connectivity index (χ0v) is 12.4. The maximum Gasteiger partial charge on any atom is 0.135 e. The fourth-order valence-corrected chi connectivity index (χ4v) is 3.29. The van der Waals surface area contributed by atoms with E-state index in [1.54, 1.807) is 6.33 Å². The van der Waals surface area contributed by atoms with Gasteiger partial charge in [-0.3, -0.25) is 0 Å². The summed E-state index contributed by atoms with van der Waals surface area (Å²) in [4.78, 5) is 11.1. The topological polar surface area (TPSA) is 58.5 Å². The zero-order chi connectivity index (χ0) is 14.9. The van der Waals surface area contributed by atoms with E-state index in [1.165, 1.54) is 0 Å². The molecule has 2 aliphatic heterocycles. The number of benzene rings is 1. The van der Waals surface area contributed by atoms with E-state index >= 15 is 0 Å². The summed E-state index contributed by atoms with van der Waals surface area (Å²) in [6, 6.07) is 8.11. The van der Waals surface area contributed by atoms with Crippen molar-refractivity contribution in [3.63, 3.8) is 0 Å². The third-order valence-corrected chi connectivity index (χ3v) is 4.41. The van der Waals surface area contributed by atoms with Crippen LogP contribution in [0, 0.1) is 0 Å². The van der Waals surface area contributed by atoms with E-state index in [2.05, 4.69) is 20.9 Å². The molecule has 0 radical (unpaired) electrons. The summed E-state index contributed by atoms with van der Waals surface area (Å²) in [5.74, 6) is 1.87. The highest BCUT2D eigenvalue weighted by Crippen LogP contribution is 2.32. The molecule has 1 aromatic heterocycles. The van der Waals surface area contributed by atoms with Gasteiger partial charge in [-0.05, 0) is 24.5 Å². The van der Waals surface area contributed by atoms with Crippen molar-refractivity contribution in [3.8, 4) is 5.75 Å². The van der Waals surface area contributed by atoms with Crippen molar-refractivity contribution >= 4 is 5.82 Å². The Morgan fingerprint density at radius 3 is 3.05 bits per heavy atom. The summed E-state index contributed by atoms with van der Waals surface area (Å²) in [7, 11) is 0. The van der Waals surface area contributed by atoms with Crippen molar-refractivity contribution in [2.45, 2.75) is 32.0 Å². The zero-order valence-electron chi connectivity index (χ0n) is 12.4. The number of anilines is 1. The molecule has 0 amide bonds. The molecule has 0 aliphatic carbocycles. The second kappa shape index (κ2) is 5.57. The molecule has 3 heterocycles. The molecule has 1 atom stereocenters. The van der Waals surface area contributed by atoms with Crippen LogP contribution in [0.3, 0.4) is 0 Å². The molecule has 0 unspecified atom stereocenters. The molecule has 1 N–H and O–H groups in total. The number of piperidine rings is 1. The lowest BCUT2D eigenvalue weighted by atomic mass is 10.0. The van der Waals surface area contributed by atoms with Crippen LogP contribution in [-0.2, 0) is 13.0 Å². The Balaban J connectivity index is 1.74. The number of para-hydroxylation sites is 1. The summed E-state index contributed by atoms with van der Waals surface area (Å²) in [5.41, 5.74) is 3.23. The number of hydrogen-bond acceptors (Lipinski definition) is 5. The Morgan fingerprint density at radius 2 is 2.14 bits per heavy atom. The number of ether oxygens (including phenoxy) is 1. The van der Waals surface area contributed by atoms with Crippen molar-refractivity contribution in [2.75, 3.05) is 18.0 Å². The number of nitrogens with zero attached hydrogens (tertiary/aromatic N) is 3. The van der Waals surface area contributed by atoms with E-state index in [1.807, 2.05) is 18.2 Å². The van der Waals surface area contributed by atoms with E-state index in [9.17, 15) is 5.11 Å². The van der Waals surface area contributed by atoms with Crippen molar-refractivity contribution in [3.05, 3.63) is 47.4 Å². The molecule has 0 spiro atoms. The van der Waals surface area contributed by atoms with Crippen molar-refractivity contribution in [2.24, 2.45) is 0 Å². The minimum atomic E-state index is -0.270. The maximum atomic E-state index is 9.95. The Kier molecular flexibility index (Phi) is 3.42. The summed E-state index contributed by atoms with van der Waals surface area (Å²) >= 11 is 0. The third kappa shape index (κ3) is 2.41. The Bertz CT molecular complexity index is 689. The molecule has 2 aromatic rings. The fraction of sp³-hybridized carbons (Fsp3) is 0.412. The first kappa shape index (κ1) is 13.5. The molecule has 0 bridgehead atoms. The molecule has 1 fully saturated rings. The molecule has 0 saturated carbocycles. The van der Waals surface area contributed by atoms with E-state index in [4.69, 9.17) is 4.74 Å². The lowest BCUT2D eigenvalue weighted by Gasteiger charge is -2.32. The molecule has 1 saturated heterocycles. The number of hydrogen-bond donors (Lipinski definition) is 1. The lowest BCUT2D eigenvalue weighted by Crippen LogP contribution is -2.39. The van der Waals surface area contributed by atoms with Gasteiger partial charge in [-0.25, -0.2) is 9.97 Å². The summed E-state index contributed by atoms with van der Waals surface area (Å²) < 4.78 is 5.88. The van der Waals surface area contributed by atoms with Crippen LogP contribution in [0.15, 0.2) is 30.6 Å². The molecular formula is C17H19N3O2. The average molecular weight is 297 g/mol. The fourth-order valence-electron chi connectivity index (χ4n) is 3.29. The molecule has 4 rings (SSSR count). The van der Waals surface area contributed by atoms with Crippen LogP contribution < -0.4 is 9.64 Å². The van der Waals surface area contributed by atoms with Gasteiger partial charge in [0.15, 0.2) is 0 Å². The van der Waals surface area contributed by atoms with Crippen molar-refractivity contribution in [1.82, 2.24) is 9.97 Å². The highest BCUT2D eigenvalue weighted by molar-refractivity contribution is 5.53. The number of β-amino-alcohol motifs (C(OH)–C–C–N with tert-alkyl or cyclic N) is 1. The van der Waals surface area contributed by atoms with Gasteiger partial charge in [-0.2, -0.15) is 0 Å². The van der Waals surface area contributed by atoms with Gasteiger partial charge in [0, 0.05) is 25.1 Å². The van der Waals surface area contributed by atoms with E-state index in [-0.39, 0.29) is 6.10 Å². The number of rotatable bonds is 1. The molecule has 5 heteroatoms. The molecule has 1 aromatic carbocycles. The van der Waals surface area contributed by atoms with Gasteiger partial charge in [0.1, 0.15) is 24.5 Å². The third-order valence-electron chi connectivity index (χ3n) is 4.41. The van der Waals surface area contributed by atoms with Crippen LogP contribution in [-0.4, -0.2) is 34.3 Å². The van der Waals surface area contributed by atoms with Gasteiger partial charge in [0.25, 0.3) is 0 Å². The first-order valence-electron chi connectivity index (χ1n) is 7.78. The maximum absolute atomic E-state index is 9.95. The number of aliphatic hydroxyl groups is 1. The van der Waals surface area contributed by atoms with E-state index in [0.29, 0.717) is 13.2 Å². The monoisotopic (exact) mass is 297 g/mol. The van der Waals surface area contributed by atoms with Crippen LogP contribution in [0.1, 0.15) is 29.7 Å². The second-order valence-corrected chi connectivity index (χ2v) is 5.94. The van der Waals surface area contributed by atoms with Crippen LogP contribution in [0.4, 0.5) is 5.82 Å². The Morgan fingerprint density at radius 1 is 1.23 bits per heavy atom. The van der Waals surface area contributed by atoms with Gasteiger partial charge >= 0.3 is 0 Å². The normalized spacial score (nSPS) is 20.6. The second-order valence-electron chi connectivity index (χ2n) is 5.94. The van der Waals surface area contributed by atoms with Gasteiger partial charge in [0.05, 0.1) is 11.8 Å². The molecule has 5 nitrogen and oxygen atoms in total. The van der Waals surface area contributed by atoms with Crippen LogP contribution >= 0.6 is 0 Å².